The van der Waals surface area contributed by atoms with Gasteiger partial charge >= 0.3 is 0 Å². The summed E-state index contributed by atoms with van der Waals surface area (Å²) < 4.78 is 0.909. The second-order valence-electron chi connectivity index (χ2n) is 4.16. The summed E-state index contributed by atoms with van der Waals surface area (Å²) in [5, 5.41) is 20.9. The standard InChI is InChI=1S/C13H17BrN2O/c1-10(9-17)3-2-6-16-13-5-4-11(8-15)7-12(13)14/h4-5,7,10,16-17H,2-3,6,9H2,1H3. The van der Waals surface area contributed by atoms with E-state index in [2.05, 4.69) is 27.3 Å². The average Bonchev–Trinajstić information content (AvgIpc) is 2.35. The highest BCUT2D eigenvalue weighted by Gasteiger charge is 2.02. The van der Waals surface area contributed by atoms with Crippen LogP contribution in [0.1, 0.15) is 25.3 Å². The first kappa shape index (κ1) is 14.0. The monoisotopic (exact) mass is 296 g/mol. The van der Waals surface area contributed by atoms with Crippen molar-refractivity contribution in [3.8, 4) is 6.07 Å². The van der Waals surface area contributed by atoms with Gasteiger partial charge in [-0.25, -0.2) is 0 Å². The number of hydrogen-bond donors (Lipinski definition) is 2. The molecule has 0 amide bonds. The third-order valence-electron chi connectivity index (χ3n) is 2.60. The molecule has 1 unspecified atom stereocenters. The molecule has 17 heavy (non-hydrogen) atoms. The van der Waals surface area contributed by atoms with Crippen LogP contribution in [0.2, 0.25) is 0 Å². The molecular formula is C13H17BrN2O. The van der Waals surface area contributed by atoms with E-state index in [-0.39, 0.29) is 6.61 Å². The van der Waals surface area contributed by atoms with E-state index in [9.17, 15) is 0 Å². The van der Waals surface area contributed by atoms with Gasteiger partial charge in [-0.15, -0.1) is 0 Å². The lowest BCUT2D eigenvalue weighted by molar-refractivity contribution is 0.229. The molecule has 0 heterocycles. The number of nitrogens with one attached hydrogen (secondary N) is 1. The molecular weight excluding hydrogens is 280 g/mol. The maximum Gasteiger partial charge on any atom is 0.0992 e. The topological polar surface area (TPSA) is 56.0 Å². The van der Waals surface area contributed by atoms with Crippen LogP contribution >= 0.6 is 15.9 Å². The Morgan fingerprint density at radius 3 is 2.88 bits per heavy atom. The zero-order chi connectivity index (χ0) is 12.7. The highest BCUT2D eigenvalue weighted by atomic mass is 79.9. The molecule has 0 saturated heterocycles. The molecule has 0 aliphatic carbocycles. The maximum atomic E-state index is 8.89. The van der Waals surface area contributed by atoms with E-state index >= 15 is 0 Å². The Balaban J connectivity index is 2.40. The first-order valence-electron chi connectivity index (χ1n) is 5.71. The van der Waals surface area contributed by atoms with E-state index in [1.54, 1.807) is 12.1 Å². The number of anilines is 1. The number of nitriles is 1. The molecule has 1 aromatic rings. The summed E-state index contributed by atoms with van der Waals surface area (Å²) in [6.45, 7) is 3.16. The van der Waals surface area contributed by atoms with Gasteiger partial charge in [0.2, 0.25) is 0 Å². The number of hydrogen-bond acceptors (Lipinski definition) is 3. The van der Waals surface area contributed by atoms with Gasteiger partial charge in [-0.1, -0.05) is 6.92 Å². The van der Waals surface area contributed by atoms with E-state index in [4.69, 9.17) is 10.4 Å². The molecule has 1 atom stereocenters. The molecule has 0 aliphatic rings. The maximum absolute atomic E-state index is 8.89. The van der Waals surface area contributed by atoms with Crippen molar-refractivity contribution in [2.45, 2.75) is 19.8 Å². The summed E-state index contributed by atoms with van der Waals surface area (Å²) in [5.74, 6) is 0.362. The fourth-order valence-electron chi connectivity index (χ4n) is 1.49. The zero-order valence-electron chi connectivity index (χ0n) is 9.91. The van der Waals surface area contributed by atoms with Crippen LogP contribution in [0.5, 0.6) is 0 Å². The van der Waals surface area contributed by atoms with Gasteiger partial charge in [0.15, 0.2) is 0 Å². The lowest BCUT2D eigenvalue weighted by atomic mass is 10.1. The second-order valence-corrected chi connectivity index (χ2v) is 5.02. The molecule has 4 heteroatoms. The fraction of sp³-hybridized carbons (Fsp3) is 0.462. The summed E-state index contributed by atoms with van der Waals surface area (Å²) in [7, 11) is 0. The van der Waals surface area contributed by atoms with Crippen molar-refractivity contribution in [3.63, 3.8) is 0 Å². The van der Waals surface area contributed by atoms with Gasteiger partial charge in [0.05, 0.1) is 11.6 Å². The molecule has 0 saturated carbocycles. The second kappa shape index (κ2) is 7.31. The van der Waals surface area contributed by atoms with Crippen LogP contribution in [0.3, 0.4) is 0 Å². The van der Waals surface area contributed by atoms with Crippen molar-refractivity contribution in [1.82, 2.24) is 0 Å². The van der Waals surface area contributed by atoms with Crippen LogP contribution in [0.15, 0.2) is 22.7 Å². The summed E-state index contributed by atoms with van der Waals surface area (Å²) in [5.41, 5.74) is 1.65. The van der Waals surface area contributed by atoms with Gasteiger partial charge in [0.25, 0.3) is 0 Å². The molecule has 0 aliphatic heterocycles. The van der Waals surface area contributed by atoms with Crippen LogP contribution in [0, 0.1) is 17.2 Å². The summed E-state index contributed by atoms with van der Waals surface area (Å²) >= 11 is 3.43. The van der Waals surface area contributed by atoms with Crippen molar-refractivity contribution in [2.75, 3.05) is 18.5 Å². The molecule has 0 spiro atoms. The molecule has 2 N–H and O–H groups in total. The van der Waals surface area contributed by atoms with Crippen LogP contribution in [-0.4, -0.2) is 18.3 Å². The minimum atomic E-state index is 0.251. The molecule has 1 aromatic carbocycles. The van der Waals surface area contributed by atoms with Crippen molar-refractivity contribution in [3.05, 3.63) is 28.2 Å². The SMILES string of the molecule is CC(CO)CCCNc1ccc(C#N)cc1Br. The molecule has 0 fully saturated rings. The smallest absolute Gasteiger partial charge is 0.0992 e. The predicted molar refractivity (Wildman–Crippen MR) is 72.8 cm³/mol. The third-order valence-corrected chi connectivity index (χ3v) is 3.26. The van der Waals surface area contributed by atoms with Crippen LogP contribution in [0.25, 0.3) is 0 Å². The van der Waals surface area contributed by atoms with E-state index in [1.807, 2.05) is 13.0 Å². The van der Waals surface area contributed by atoms with Crippen molar-refractivity contribution >= 4 is 21.6 Å². The summed E-state index contributed by atoms with van der Waals surface area (Å²) in [6, 6.07) is 7.60. The van der Waals surface area contributed by atoms with Gasteiger partial charge in [-0.05, 0) is 52.9 Å². The Hall–Kier alpha value is -1.05. The lowest BCUT2D eigenvalue weighted by Crippen LogP contribution is -2.06. The van der Waals surface area contributed by atoms with Gasteiger partial charge in [-0.2, -0.15) is 5.26 Å². The summed E-state index contributed by atoms with van der Waals surface area (Å²) in [6.07, 6.45) is 2.03. The molecule has 92 valence electrons. The van der Waals surface area contributed by atoms with Gasteiger partial charge < -0.3 is 10.4 Å². The van der Waals surface area contributed by atoms with Gasteiger partial charge in [-0.3, -0.25) is 0 Å². The normalized spacial score (nSPS) is 11.9. The number of rotatable bonds is 6. The minimum absolute atomic E-state index is 0.251. The Morgan fingerprint density at radius 2 is 2.29 bits per heavy atom. The predicted octanol–water partition coefficient (Wildman–Crippen LogP) is 3.14. The van der Waals surface area contributed by atoms with Crippen LogP contribution < -0.4 is 5.32 Å². The number of aliphatic hydroxyl groups excluding tert-OH is 1. The Kier molecular flexibility index (Phi) is 6.03. The first-order valence-corrected chi connectivity index (χ1v) is 6.51. The van der Waals surface area contributed by atoms with Crippen molar-refractivity contribution in [2.24, 2.45) is 5.92 Å². The van der Waals surface area contributed by atoms with E-state index in [0.29, 0.717) is 11.5 Å². The van der Waals surface area contributed by atoms with Crippen molar-refractivity contribution < 1.29 is 5.11 Å². The Bertz CT molecular complexity index is 401. The third kappa shape index (κ3) is 4.76. The zero-order valence-corrected chi connectivity index (χ0v) is 11.5. The Labute approximate surface area is 111 Å². The van der Waals surface area contributed by atoms with E-state index in [1.165, 1.54) is 0 Å². The minimum Gasteiger partial charge on any atom is -0.396 e. The number of nitrogens with zero attached hydrogens (tertiary/aromatic N) is 1. The van der Waals surface area contributed by atoms with Crippen LogP contribution in [-0.2, 0) is 0 Å². The van der Waals surface area contributed by atoms with E-state index < -0.39 is 0 Å². The number of halogens is 1. The summed E-state index contributed by atoms with van der Waals surface area (Å²) in [4.78, 5) is 0. The first-order chi connectivity index (χ1) is 8.17. The largest absolute Gasteiger partial charge is 0.396 e. The van der Waals surface area contributed by atoms with Gasteiger partial charge in [0, 0.05) is 23.3 Å². The molecule has 1 rings (SSSR count). The van der Waals surface area contributed by atoms with Crippen molar-refractivity contribution in [1.29, 1.82) is 5.26 Å². The molecule has 3 nitrogen and oxygen atoms in total. The van der Waals surface area contributed by atoms with Gasteiger partial charge in [0.1, 0.15) is 0 Å². The quantitative estimate of drug-likeness (QED) is 0.793. The van der Waals surface area contributed by atoms with E-state index in [0.717, 1.165) is 29.5 Å². The number of benzene rings is 1. The van der Waals surface area contributed by atoms with Crippen LogP contribution in [0.4, 0.5) is 5.69 Å². The lowest BCUT2D eigenvalue weighted by Gasteiger charge is -2.10. The highest BCUT2D eigenvalue weighted by Crippen LogP contribution is 2.23. The molecule has 0 radical (unpaired) electrons. The number of aliphatic hydroxyl groups is 1. The average molecular weight is 297 g/mol. The highest BCUT2D eigenvalue weighted by molar-refractivity contribution is 9.10. The fourth-order valence-corrected chi connectivity index (χ4v) is 2.01. The Morgan fingerprint density at radius 1 is 1.53 bits per heavy atom. The molecule has 0 aromatic heterocycles. The molecule has 0 bridgehead atoms.